The van der Waals surface area contributed by atoms with Gasteiger partial charge < -0.3 is 15.4 Å². The molecule has 1 aliphatic heterocycles. The second-order valence-corrected chi connectivity index (χ2v) is 8.49. The topological polar surface area (TPSA) is 83.6 Å². The van der Waals surface area contributed by atoms with Crippen LogP contribution in [0.4, 0.5) is 24.5 Å². The molecule has 188 valence electrons. The summed E-state index contributed by atoms with van der Waals surface area (Å²) in [6.07, 6.45) is -1.25. The van der Waals surface area contributed by atoms with E-state index in [1.54, 1.807) is 31.5 Å². The van der Waals surface area contributed by atoms with Crippen molar-refractivity contribution in [3.05, 3.63) is 88.7 Å². The lowest BCUT2D eigenvalue weighted by Gasteiger charge is -2.26. The highest BCUT2D eigenvalue weighted by Gasteiger charge is 2.31. The molecule has 10 heteroatoms. The number of rotatable bonds is 6. The second-order valence-electron chi connectivity index (χ2n) is 8.49. The molecule has 0 aliphatic carbocycles. The number of amides is 2. The first-order valence-electron chi connectivity index (χ1n) is 11.3. The van der Waals surface area contributed by atoms with Gasteiger partial charge in [0.25, 0.3) is 11.8 Å². The molecule has 0 saturated carbocycles. The van der Waals surface area contributed by atoms with Crippen molar-refractivity contribution in [3.8, 4) is 0 Å². The summed E-state index contributed by atoms with van der Waals surface area (Å²) in [6.45, 7) is 5.47. The number of alkyl halides is 3. The van der Waals surface area contributed by atoms with E-state index in [0.717, 1.165) is 30.8 Å². The van der Waals surface area contributed by atoms with Crippen LogP contribution in [0.2, 0.25) is 0 Å². The van der Waals surface area contributed by atoms with E-state index in [0.29, 0.717) is 36.6 Å². The number of benzene rings is 2. The summed E-state index contributed by atoms with van der Waals surface area (Å²) in [4.78, 5) is 32.0. The minimum atomic E-state index is -4.56. The first-order chi connectivity index (χ1) is 17.2. The predicted octanol–water partition coefficient (Wildman–Crippen LogP) is 4.75. The van der Waals surface area contributed by atoms with Crippen molar-refractivity contribution >= 4 is 23.2 Å². The zero-order chi connectivity index (χ0) is 25.7. The third-order valence-electron chi connectivity index (χ3n) is 5.75. The molecule has 0 bridgehead atoms. The average Bonchev–Trinajstić information content (AvgIpc) is 2.85. The number of nitrogens with one attached hydrogen (secondary N) is 2. The fourth-order valence-corrected chi connectivity index (χ4v) is 3.84. The Hall–Kier alpha value is -3.76. The number of morpholine rings is 1. The number of carbonyl (C=O) groups is 2. The Morgan fingerprint density at radius 3 is 2.47 bits per heavy atom. The zero-order valence-electron chi connectivity index (χ0n) is 19.6. The fourth-order valence-electron chi connectivity index (χ4n) is 3.84. The normalized spacial score (nSPS) is 14.3. The Bertz CT molecular complexity index is 1260. The monoisotopic (exact) mass is 498 g/mol. The van der Waals surface area contributed by atoms with Crippen molar-refractivity contribution in [1.82, 2.24) is 9.88 Å². The number of pyridine rings is 1. The molecule has 0 radical (unpaired) electrons. The summed E-state index contributed by atoms with van der Waals surface area (Å²) < 4.78 is 44.3. The molecule has 2 amide bonds. The predicted molar refractivity (Wildman–Crippen MR) is 129 cm³/mol. The number of ether oxygens (including phenoxy) is 1. The van der Waals surface area contributed by atoms with Gasteiger partial charge in [-0.15, -0.1) is 0 Å². The summed E-state index contributed by atoms with van der Waals surface area (Å²) >= 11 is 0. The highest BCUT2D eigenvalue weighted by Crippen LogP contribution is 2.29. The average molecular weight is 499 g/mol. The van der Waals surface area contributed by atoms with Gasteiger partial charge in [0.2, 0.25) is 0 Å². The largest absolute Gasteiger partial charge is 0.416 e. The number of aromatic nitrogens is 1. The molecule has 7 nitrogen and oxygen atoms in total. The summed E-state index contributed by atoms with van der Waals surface area (Å²) in [5.41, 5.74) is 1.70. The Morgan fingerprint density at radius 2 is 1.72 bits per heavy atom. The molecule has 0 spiro atoms. The molecule has 2 N–H and O–H groups in total. The van der Waals surface area contributed by atoms with Gasteiger partial charge in [0.15, 0.2) is 0 Å². The molecule has 0 atom stereocenters. The maximum Gasteiger partial charge on any atom is 0.416 e. The molecular weight excluding hydrogens is 473 g/mol. The van der Waals surface area contributed by atoms with Gasteiger partial charge in [-0.2, -0.15) is 13.2 Å². The van der Waals surface area contributed by atoms with E-state index in [2.05, 4.69) is 20.5 Å². The van der Waals surface area contributed by atoms with Gasteiger partial charge in [-0.05, 0) is 54.4 Å². The fraction of sp³-hybridized carbons (Fsp3) is 0.269. The van der Waals surface area contributed by atoms with Gasteiger partial charge in [0.05, 0.1) is 30.7 Å². The van der Waals surface area contributed by atoms with E-state index in [1.165, 1.54) is 18.2 Å². The van der Waals surface area contributed by atoms with Crippen LogP contribution in [0.15, 0.2) is 60.9 Å². The van der Waals surface area contributed by atoms with Crippen LogP contribution >= 0.6 is 0 Å². The van der Waals surface area contributed by atoms with E-state index < -0.39 is 23.6 Å². The molecule has 1 aromatic heterocycles. The van der Waals surface area contributed by atoms with Gasteiger partial charge in [-0.25, -0.2) is 0 Å². The van der Waals surface area contributed by atoms with Crippen LogP contribution in [-0.2, 0) is 17.5 Å². The van der Waals surface area contributed by atoms with Crippen LogP contribution in [0.1, 0.15) is 37.4 Å². The number of carbonyl (C=O) groups excluding carboxylic acids is 2. The summed E-state index contributed by atoms with van der Waals surface area (Å²) in [5, 5.41) is 5.39. The summed E-state index contributed by atoms with van der Waals surface area (Å²) in [5.74, 6) is -1.11. The molecule has 2 heterocycles. The van der Waals surface area contributed by atoms with Gasteiger partial charge in [-0.3, -0.25) is 19.5 Å². The van der Waals surface area contributed by atoms with E-state index in [4.69, 9.17) is 4.74 Å². The molecule has 4 rings (SSSR count). The Kier molecular flexibility index (Phi) is 7.66. The van der Waals surface area contributed by atoms with E-state index in [9.17, 15) is 22.8 Å². The van der Waals surface area contributed by atoms with Crippen molar-refractivity contribution in [2.45, 2.75) is 19.6 Å². The van der Waals surface area contributed by atoms with Crippen molar-refractivity contribution in [2.75, 3.05) is 36.9 Å². The van der Waals surface area contributed by atoms with E-state index in [-0.39, 0.29) is 11.3 Å². The van der Waals surface area contributed by atoms with Crippen LogP contribution in [0.25, 0.3) is 0 Å². The van der Waals surface area contributed by atoms with Crippen LogP contribution in [0.3, 0.4) is 0 Å². The smallest absolute Gasteiger partial charge is 0.379 e. The number of hydrogen-bond acceptors (Lipinski definition) is 5. The van der Waals surface area contributed by atoms with Crippen LogP contribution in [-0.4, -0.2) is 48.0 Å². The quantitative estimate of drug-likeness (QED) is 0.513. The molecule has 36 heavy (non-hydrogen) atoms. The molecule has 1 aliphatic rings. The summed E-state index contributed by atoms with van der Waals surface area (Å²) in [7, 11) is 0. The Labute approximate surface area is 206 Å². The number of nitrogens with zero attached hydrogens (tertiary/aromatic N) is 2. The van der Waals surface area contributed by atoms with Gasteiger partial charge in [0, 0.05) is 42.6 Å². The first kappa shape index (κ1) is 25.3. The maximum atomic E-state index is 13.0. The van der Waals surface area contributed by atoms with Crippen LogP contribution in [0, 0.1) is 6.92 Å². The summed E-state index contributed by atoms with van der Waals surface area (Å²) in [6, 6.07) is 10.7. The minimum absolute atomic E-state index is 0.139. The Balaban J connectivity index is 1.45. The van der Waals surface area contributed by atoms with Gasteiger partial charge in [-0.1, -0.05) is 12.1 Å². The molecule has 0 unspecified atom stereocenters. The van der Waals surface area contributed by atoms with Crippen molar-refractivity contribution < 1.29 is 27.5 Å². The lowest BCUT2D eigenvalue weighted by molar-refractivity contribution is -0.137. The standard InChI is InChI=1S/C26H25F3N4O3/c1-17-5-6-21(31-24(34)19-3-2-4-20(12-19)26(27,28)29)13-23(17)25(35)32-22-11-18(14-30-15-22)16-33-7-9-36-10-8-33/h2-6,11-15H,7-10,16H2,1H3,(H,31,34)(H,32,35). The third-order valence-corrected chi connectivity index (χ3v) is 5.75. The molecule has 1 saturated heterocycles. The third kappa shape index (κ3) is 6.46. The zero-order valence-corrected chi connectivity index (χ0v) is 19.6. The number of anilines is 2. The van der Waals surface area contributed by atoms with E-state index >= 15 is 0 Å². The lowest BCUT2D eigenvalue weighted by atomic mass is 10.1. The first-order valence-corrected chi connectivity index (χ1v) is 11.3. The van der Waals surface area contributed by atoms with Gasteiger partial charge in [0.1, 0.15) is 0 Å². The SMILES string of the molecule is Cc1ccc(NC(=O)c2cccc(C(F)(F)F)c2)cc1C(=O)Nc1cncc(CN2CCOCC2)c1. The lowest BCUT2D eigenvalue weighted by Crippen LogP contribution is -2.35. The van der Waals surface area contributed by atoms with E-state index in [1.807, 2.05) is 6.07 Å². The van der Waals surface area contributed by atoms with Crippen molar-refractivity contribution in [3.63, 3.8) is 0 Å². The Morgan fingerprint density at radius 1 is 0.972 bits per heavy atom. The second kappa shape index (κ2) is 10.9. The number of aryl methyl sites for hydroxylation is 1. The number of halogens is 3. The molecule has 1 fully saturated rings. The molecule has 3 aromatic rings. The van der Waals surface area contributed by atoms with Crippen molar-refractivity contribution in [2.24, 2.45) is 0 Å². The number of hydrogen-bond donors (Lipinski definition) is 2. The highest BCUT2D eigenvalue weighted by atomic mass is 19.4. The van der Waals surface area contributed by atoms with Crippen molar-refractivity contribution in [1.29, 1.82) is 0 Å². The van der Waals surface area contributed by atoms with Crippen LogP contribution < -0.4 is 10.6 Å². The molecule has 2 aromatic carbocycles. The van der Waals surface area contributed by atoms with Gasteiger partial charge >= 0.3 is 6.18 Å². The molecular formula is C26H25F3N4O3. The van der Waals surface area contributed by atoms with Crippen LogP contribution in [0.5, 0.6) is 0 Å². The maximum absolute atomic E-state index is 13.0. The highest BCUT2D eigenvalue weighted by molar-refractivity contribution is 6.08. The minimum Gasteiger partial charge on any atom is -0.379 e.